The molecule has 5 heteroatoms. The van der Waals surface area contributed by atoms with Crippen LogP contribution in [-0.4, -0.2) is 19.6 Å². The van der Waals surface area contributed by atoms with E-state index >= 15 is 0 Å². The van der Waals surface area contributed by atoms with E-state index < -0.39 is 10.8 Å². The second-order valence-electron chi connectivity index (χ2n) is 2.00. The van der Waals surface area contributed by atoms with Crippen molar-refractivity contribution in [1.29, 1.82) is 0 Å². The lowest BCUT2D eigenvalue weighted by atomic mass is 10.5. The lowest BCUT2D eigenvalue weighted by Gasteiger charge is -2.10. The van der Waals surface area contributed by atoms with Gasteiger partial charge in [-0.1, -0.05) is 0 Å². The Labute approximate surface area is 70.8 Å². The Balaban J connectivity index is 0. The number of quaternary nitrogens is 1. The van der Waals surface area contributed by atoms with E-state index in [2.05, 4.69) is 20.8 Å². The Morgan fingerprint density at radius 1 is 0.909 bits per heavy atom. The van der Waals surface area contributed by atoms with E-state index in [1.807, 2.05) is 0 Å². The van der Waals surface area contributed by atoms with Gasteiger partial charge in [-0.3, -0.25) is 0 Å². The van der Waals surface area contributed by atoms with Crippen molar-refractivity contribution in [2.75, 3.05) is 19.6 Å². The highest BCUT2D eigenvalue weighted by Crippen LogP contribution is 1.45. The summed E-state index contributed by atoms with van der Waals surface area (Å²) in [4.78, 5) is 1.68. The molecule has 0 radical (unpaired) electrons. The van der Waals surface area contributed by atoms with Gasteiger partial charge in [0.15, 0.2) is 0 Å². The molecule has 0 bridgehead atoms. The average Bonchev–Trinajstić information content (AvgIpc) is 1.90. The van der Waals surface area contributed by atoms with Crippen LogP contribution in [0.2, 0.25) is 0 Å². The number of nitrogens with one attached hydrogen (secondary N) is 1. The summed E-state index contributed by atoms with van der Waals surface area (Å²) in [6, 6.07) is 0. The van der Waals surface area contributed by atoms with Crippen LogP contribution in [-0.2, 0) is 0 Å². The minimum absolute atomic E-state index is 1.27. The molecule has 0 amide bonds. The maximum Gasteiger partial charge on any atom is 0.0742 e. The molecule has 0 rings (SSSR count). The van der Waals surface area contributed by atoms with Crippen molar-refractivity contribution < 1.29 is 29.7 Å². The molecule has 0 aliphatic rings. The first-order valence-corrected chi connectivity index (χ1v) is 4.57. The third-order valence-electron chi connectivity index (χ3n) is 1.50. The summed E-state index contributed by atoms with van der Waals surface area (Å²) < 4.78 is 25.2. The van der Waals surface area contributed by atoms with Crippen LogP contribution in [0.1, 0.15) is 20.8 Å². The fraction of sp³-hybridized carbons (Fsp3) is 1.00. The zero-order valence-corrected chi connectivity index (χ0v) is 7.98. The summed E-state index contributed by atoms with van der Waals surface area (Å²) in [5.41, 5.74) is 0. The normalized spacial score (nSPS) is 9.82. The summed E-state index contributed by atoms with van der Waals surface area (Å²) in [7, 11) is -2.85. The van der Waals surface area contributed by atoms with Crippen molar-refractivity contribution >= 4 is 0 Å². The molecular weight excluding hydrogens is 170 g/mol. The number of hydrogen-bond donors (Lipinski definition) is 1. The van der Waals surface area contributed by atoms with Crippen molar-refractivity contribution in [3.63, 3.8) is 0 Å². The first kappa shape index (κ1) is 13.7. The van der Waals surface area contributed by atoms with Gasteiger partial charge in [-0.2, -0.15) is 0 Å². The highest BCUT2D eigenvalue weighted by atomic mass is 35.6. The number of rotatable bonds is 3. The second kappa shape index (κ2) is 10.1. The third-order valence-corrected chi connectivity index (χ3v) is 1.50. The van der Waals surface area contributed by atoms with Gasteiger partial charge in [0.2, 0.25) is 0 Å². The summed E-state index contributed by atoms with van der Waals surface area (Å²) in [5, 5.41) is 0. The van der Waals surface area contributed by atoms with E-state index in [4.69, 9.17) is 14.0 Å². The van der Waals surface area contributed by atoms with Gasteiger partial charge in [0.1, 0.15) is 0 Å². The van der Waals surface area contributed by atoms with E-state index in [1.54, 1.807) is 4.90 Å². The minimum atomic E-state index is -2.85. The Morgan fingerprint density at radius 3 is 1.09 bits per heavy atom. The van der Waals surface area contributed by atoms with Gasteiger partial charge < -0.3 is 18.9 Å². The SMILES string of the molecule is CC[NH+](CC)CC.[O-][Cl+2]([O-])[O-]. The number of hydrogen-bond acceptors (Lipinski definition) is 3. The summed E-state index contributed by atoms with van der Waals surface area (Å²) in [5.74, 6) is 0. The molecule has 4 nitrogen and oxygen atoms in total. The molecule has 0 aliphatic carbocycles. The summed E-state index contributed by atoms with van der Waals surface area (Å²) in [6.45, 7) is 10.5. The van der Waals surface area contributed by atoms with E-state index in [1.165, 1.54) is 19.6 Å². The van der Waals surface area contributed by atoms with E-state index in [-0.39, 0.29) is 0 Å². The number of halogens is 1. The van der Waals surface area contributed by atoms with Crippen LogP contribution in [0.4, 0.5) is 0 Å². The van der Waals surface area contributed by atoms with E-state index in [0.717, 1.165) is 0 Å². The zero-order valence-electron chi connectivity index (χ0n) is 7.22. The molecule has 0 aromatic heterocycles. The van der Waals surface area contributed by atoms with Crippen LogP contribution in [0.25, 0.3) is 0 Å². The first-order valence-electron chi connectivity index (χ1n) is 3.64. The molecule has 0 heterocycles. The quantitative estimate of drug-likeness (QED) is 0.493. The van der Waals surface area contributed by atoms with Crippen molar-refractivity contribution in [2.45, 2.75) is 20.8 Å². The molecule has 0 aromatic carbocycles. The van der Waals surface area contributed by atoms with Gasteiger partial charge in [0.05, 0.1) is 30.4 Å². The Hall–Kier alpha value is 0.130. The van der Waals surface area contributed by atoms with Crippen LogP contribution < -0.4 is 18.9 Å². The van der Waals surface area contributed by atoms with Crippen LogP contribution in [0.15, 0.2) is 0 Å². The lowest BCUT2D eigenvalue weighted by molar-refractivity contribution is -1.73. The fourth-order valence-electron chi connectivity index (χ4n) is 0.750. The monoisotopic (exact) mass is 185 g/mol. The van der Waals surface area contributed by atoms with Crippen molar-refractivity contribution in [3.8, 4) is 0 Å². The summed E-state index contributed by atoms with van der Waals surface area (Å²) >= 11 is 0. The molecular formula is C6H16ClNO3. The minimum Gasteiger partial charge on any atom is -0.357 e. The standard InChI is InChI=1S/C6H15N.ClO3/c1-4-7(5-2)6-3;2-1(3)4/h4-6H2,1-3H3;/q;-1/p+1. The molecule has 0 aliphatic heterocycles. The largest absolute Gasteiger partial charge is 0.357 e. The van der Waals surface area contributed by atoms with Crippen LogP contribution >= 0.6 is 0 Å². The predicted octanol–water partition coefficient (Wildman–Crippen LogP) is -3.64. The molecule has 0 unspecified atom stereocenters. The van der Waals surface area contributed by atoms with Gasteiger partial charge in [-0.25, -0.2) is 0 Å². The topological polar surface area (TPSA) is 73.6 Å². The van der Waals surface area contributed by atoms with E-state index in [9.17, 15) is 0 Å². The first-order chi connectivity index (χ1) is 5.08. The Bertz CT molecular complexity index is 60.6. The van der Waals surface area contributed by atoms with Crippen molar-refractivity contribution in [2.24, 2.45) is 0 Å². The average molecular weight is 186 g/mol. The van der Waals surface area contributed by atoms with Gasteiger partial charge >= 0.3 is 0 Å². The second-order valence-corrected chi connectivity index (χ2v) is 2.38. The van der Waals surface area contributed by atoms with Crippen molar-refractivity contribution in [1.82, 2.24) is 0 Å². The van der Waals surface area contributed by atoms with Gasteiger partial charge in [0, 0.05) is 0 Å². The molecule has 1 N–H and O–H groups in total. The smallest absolute Gasteiger partial charge is 0.0742 e. The molecule has 0 aromatic rings. The van der Waals surface area contributed by atoms with Crippen molar-refractivity contribution in [3.05, 3.63) is 0 Å². The van der Waals surface area contributed by atoms with Gasteiger partial charge in [-0.15, -0.1) is 0 Å². The maximum atomic E-state index is 8.41. The molecule has 11 heavy (non-hydrogen) atoms. The third kappa shape index (κ3) is 17.8. The van der Waals surface area contributed by atoms with Crippen LogP contribution in [0.5, 0.6) is 0 Å². The molecule has 0 fully saturated rings. The Kier molecular flexibility index (Phi) is 12.6. The molecule has 0 saturated heterocycles. The van der Waals surface area contributed by atoms with Crippen LogP contribution in [0.3, 0.4) is 0 Å². The molecule has 0 atom stereocenters. The van der Waals surface area contributed by atoms with Crippen LogP contribution in [0, 0.1) is 10.8 Å². The highest BCUT2D eigenvalue weighted by molar-refractivity contribution is 4.11. The molecule has 0 saturated carbocycles. The summed E-state index contributed by atoms with van der Waals surface area (Å²) in [6.07, 6.45) is 0. The predicted molar refractivity (Wildman–Crippen MR) is 32.6 cm³/mol. The zero-order chi connectivity index (χ0) is 9.28. The maximum absolute atomic E-state index is 8.41. The van der Waals surface area contributed by atoms with Gasteiger partial charge in [-0.05, 0) is 20.8 Å². The van der Waals surface area contributed by atoms with Gasteiger partial charge in [0.25, 0.3) is 0 Å². The highest BCUT2D eigenvalue weighted by Gasteiger charge is 1.92. The van der Waals surface area contributed by atoms with E-state index in [0.29, 0.717) is 0 Å². The molecule has 0 spiro atoms. The fourth-order valence-corrected chi connectivity index (χ4v) is 0.750. The molecule has 70 valence electrons. The Morgan fingerprint density at radius 2 is 1.09 bits per heavy atom. The lowest BCUT2D eigenvalue weighted by Crippen LogP contribution is -3.11.